The molecule has 2 rings (SSSR count). The zero-order chi connectivity index (χ0) is 18.6. The molecule has 0 aliphatic carbocycles. The van der Waals surface area contributed by atoms with Gasteiger partial charge in [0.15, 0.2) is 17.6 Å². The van der Waals surface area contributed by atoms with Crippen LogP contribution in [0.2, 0.25) is 5.02 Å². The van der Waals surface area contributed by atoms with Crippen LogP contribution < -0.4 is 19.5 Å². The molecule has 0 aliphatic heterocycles. The molecule has 2 aromatic rings. The van der Waals surface area contributed by atoms with Gasteiger partial charge in [0.05, 0.1) is 14.2 Å². The largest absolute Gasteiger partial charge is 0.493 e. The van der Waals surface area contributed by atoms with Crippen LogP contribution in [0.25, 0.3) is 0 Å². The summed E-state index contributed by atoms with van der Waals surface area (Å²) in [6.07, 6.45) is -0.673. The van der Waals surface area contributed by atoms with E-state index in [0.29, 0.717) is 28.0 Å². The fraction of sp³-hybridized carbons (Fsp3) is 0.316. The highest BCUT2D eigenvalue weighted by molar-refractivity contribution is 6.32. The zero-order valence-electron chi connectivity index (χ0n) is 15.0. The van der Waals surface area contributed by atoms with Gasteiger partial charge in [-0.2, -0.15) is 0 Å². The van der Waals surface area contributed by atoms with Crippen LogP contribution >= 0.6 is 11.6 Å². The van der Waals surface area contributed by atoms with E-state index in [9.17, 15) is 4.79 Å². The third-order valence-corrected chi connectivity index (χ3v) is 4.34. The summed E-state index contributed by atoms with van der Waals surface area (Å²) < 4.78 is 16.2. The zero-order valence-corrected chi connectivity index (χ0v) is 15.7. The molecule has 0 heterocycles. The minimum atomic E-state index is -0.673. The number of rotatable bonds is 6. The summed E-state index contributed by atoms with van der Waals surface area (Å²) in [5.74, 6) is 1.47. The van der Waals surface area contributed by atoms with Gasteiger partial charge in [0.1, 0.15) is 5.75 Å². The SMILES string of the molecule is COc1ccc(NC(=O)[C@@H](C)Oc2cc(C)c(Cl)c(C)c2)cc1OC. The summed E-state index contributed by atoms with van der Waals surface area (Å²) in [6, 6.07) is 8.79. The molecule has 0 unspecified atom stereocenters. The molecule has 0 spiro atoms. The van der Waals surface area contributed by atoms with Gasteiger partial charge in [-0.1, -0.05) is 11.6 Å². The highest BCUT2D eigenvalue weighted by Crippen LogP contribution is 2.30. The number of hydrogen-bond donors (Lipinski definition) is 1. The Balaban J connectivity index is 2.08. The monoisotopic (exact) mass is 363 g/mol. The van der Waals surface area contributed by atoms with Crippen LogP contribution in [-0.2, 0) is 4.79 Å². The number of carbonyl (C=O) groups excluding carboxylic acids is 1. The summed E-state index contributed by atoms with van der Waals surface area (Å²) in [5, 5.41) is 3.51. The Bertz CT molecular complexity index is 753. The predicted octanol–water partition coefficient (Wildman–Crippen LogP) is 4.38. The van der Waals surface area contributed by atoms with Gasteiger partial charge in [-0.25, -0.2) is 0 Å². The maximum absolute atomic E-state index is 12.4. The van der Waals surface area contributed by atoms with E-state index < -0.39 is 6.10 Å². The topological polar surface area (TPSA) is 56.8 Å². The van der Waals surface area contributed by atoms with Gasteiger partial charge in [-0.05, 0) is 56.2 Å². The van der Waals surface area contributed by atoms with E-state index in [1.807, 2.05) is 26.0 Å². The van der Waals surface area contributed by atoms with Gasteiger partial charge in [0.2, 0.25) is 0 Å². The minimum absolute atomic E-state index is 0.266. The van der Waals surface area contributed by atoms with E-state index in [4.69, 9.17) is 25.8 Å². The van der Waals surface area contributed by atoms with Crippen LogP contribution in [0.1, 0.15) is 18.1 Å². The summed E-state index contributed by atoms with van der Waals surface area (Å²) in [5.41, 5.74) is 2.41. The van der Waals surface area contributed by atoms with Gasteiger partial charge < -0.3 is 19.5 Å². The fourth-order valence-corrected chi connectivity index (χ4v) is 2.50. The van der Waals surface area contributed by atoms with Crippen molar-refractivity contribution in [1.29, 1.82) is 0 Å². The van der Waals surface area contributed by atoms with Gasteiger partial charge in [0, 0.05) is 16.8 Å². The highest BCUT2D eigenvalue weighted by atomic mass is 35.5. The van der Waals surface area contributed by atoms with Gasteiger partial charge >= 0.3 is 0 Å². The van der Waals surface area contributed by atoms with Crippen molar-refractivity contribution in [2.45, 2.75) is 26.9 Å². The summed E-state index contributed by atoms with van der Waals surface area (Å²) >= 11 is 6.15. The minimum Gasteiger partial charge on any atom is -0.493 e. The lowest BCUT2D eigenvalue weighted by Crippen LogP contribution is -2.30. The van der Waals surface area contributed by atoms with Crippen molar-refractivity contribution in [3.8, 4) is 17.2 Å². The lowest BCUT2D eigenvalue weighted by Gasteiger charge is -2.17. The molecule has 25 heavy (non-hydrogen) atoms. The number of hydrogen-bond acceptors (Lipinski definition) is 4. The smallest absolute Gasteiger partial charge is 0.265 e. The Kier molecular flexibility index (Phi) is 6.15. The molecule has 1 atom stereocenters. The Hall–Kier alpha value is -2.40. The molecule has 0 radical (unpaired) electrons. The number of amides is 1. The molecular weight excluding hydrogens is 342 g/mol. The maximum Gasteiger partial charge on any atom is 0.265 e. The molecule has 1 N–H and O–H groups in total. The number of benzene rings is 2. The Morgan fingerprint density at radius 1 is 1.04 bits per heavy atom. The number of ether oxygens (including phenoxy) is 3. The van der Waals surface area contributed by atoms with Gasteiger partial charge in [-0.3, -0.25) is 4.79 Å². The molecular formula is C19H22ClNO4. The van der Waals surface area contributed by atoms with E-state index in [1.54, 1.807) is 39.3 Å². The summed E-state index contributed by atoms with van der Waals surface area (Å²) in [7, 11) is 3.10. The van der Waals surface area contributed by atoms with E-state index in [0.717, 1.165) is 11.1 Å². The second-order valence-corrected chi connectivity index (χ2v) is 6.07. The Morgan fingerprint density at radius 3 is 2.20 bits per heavy atom. The summed E-state index contributed by atoms with van der Waals surface area (Å²) in [4.78, 5) is 12.4. The summed E-state index contributed by atoms with van der Waals surface area (Å²) in [6.45, 7) is 5.49. The molecule has 134 valence electrons. The molecule has 1 amide bonds. The average Bonchev–Trinajstić information content (AvgIpc) is 2.59. The number of anilines is 1. The number of methoxy groups -OCH3 is 2. The Morgan fingerprint density at radius 2 is 1.64 bits per heavy atom. The normalized spacial score (nSPS) is 11.6. The first-order valence-electron chi connectivity index (χ1n) is 7.82. The number of nitrogens with one attached hydrogen (secondary N) is 1. The second kappa shape index (κ2) is 8.12. The Labute approximate surface area is 152 Å². The predicted molar refractivity (Wildman–Crippen MR) is 99.2 cm³/mol. The van der Waals surface area contributed by atoms with Crippen molar-refractivity contribution in [2.24, 2.45) is 0 Å². The quantitative estimate of drug-likeness (QED) is 0.827. The standard InChI is InChI=1S/C19H22ClNO4/c1-11-8-15(9-12(2)18(11)20)25-13(3)19(22)21-14-6-7-16(23-4)17(10-14)24-5/h6-10,13H,1-5H3,(H,21,22)/t13-/m1/s1. The number of halogens is 1. The third-order valence-electron chi connectivity index (χ3n) is 3.74. The molecule has 0 fully saturated rings. The van der Waals surface area contributed by atoms with Crippen molar-refractivity contribution >= 4 is 23.2 Å². The fourth-order valence-electron chi connectivity index (χ4n) is 2.39. The van der Waals surface area contributed by atoms with E-state index >= 15 is 0 Å². The van der Waals surface area contributed by atoms with Crippen LogP contribution in [0.4, 0.5) is 5.69 Å². The van der Waals surface area contributed by atoms with E-state index in [1.165, 1.54) is 0 Å². The lowest BCUT2D eigenvalue weighted by molar-refractivity contribution is -0.122. The average molecular weight is 364 g/mol. The number of carbonyl (C=O) groups is 1. The van der Waals surface area contributed by atoms with Crippen LogP contribution in [0.15, 0.2) is 30.3 Å². The molecule has 0 aromatic heterocycles. The highest BCUT2D eigenvalue weighted by Gasteiger charge is 2.17. The van der Waals surface area contributed by atoms with Crippen molar-refractivity contribution in [2.75, 3.05) is 19.5 Å². The van der Waals surface area contributed by atoms with Crippen molar-refractivity contribution in [3.63, 3.8) is 0 Å². The van der Waals surface area contributed by atoms with Crippen molar-refractivity contribution in [1.82, 2.24) is 0 Å². The maximum atomic E-state index is 12.4. The molecule has 0 saturated heterocycles. The van der Waals surface area contributed by atoms with Gasteiger partial charge in [-0.15, -0.1) is 0 Å². The van der Waals surface area contributed by atoms with Crippen LogP contribution in [0.5, 0.6) is 17.2 Å². The first-order chi connectivity index (χ1) is 11.8. The second-order valence-electron chi connectivity index (χ2n) is 5.69. The first-order valence-corrected chi connectivity index (χ1v) is 8.19. The third kappa shape index (κ3) is 4.57. The molecule has 6 heteroatoms. The van der Waals surface area contributed by atoms with Crippen molar-refractivity contribution in [3.05, 3.63) is 46.5 Å². The van der Waals surface area contributed by atoms with E-state index in [2.05, 4.69) is 5.32 Å². The molecule has 0 saturated carbocycles. The van der Waals surface area contributed by atoms with Crippen LogP contribution in [0.3, 0.4) is 0 Å². The molecule has 0 aliphatic rings. The van der Waals surface area contributed by atoms with Crippen molar-refractivity contribution < 1.29 is 19.0 Å². The molecule has 2 aromatic carbocycles. The molecule has 0 bridgehead atoms. The lowest BCUT2D eigenvalue weighted by atomic mass is 10.1. The molecule has 5 nitrogen and oxygen atoms in total. The van der Waals surface area contributed by atoms with Crippen LogP contribution in [-0.4, -0.2) is 26.2 Å². The number of aryl methyl sites for hydroxylation is 2. The first kappa shape index (κ1) is 18.9. The van der Waals surface area contributed by atoms with E-state index in [-0.39, 0.29) is 5.91 Å². The van der Waals surface area contributed by atoms with Gasteiger partial charge in [0.25, 0.3) is 5.91 Å². The van der Waals surface area contributed by atoms with Crippen LogP contribution in [0, 0.1) is 13.8 Å².